The van der Waals surface area contributed by atoms with Gasteiger partial charge < -0.3 is 10.1 Å². The maximum Gasteiger partial charge on any atom is 0.243 e. The second-order valence-electron chi connectivity index (χ2n) is 7.11. The normalized spacial score (nSPS) is 12.5. The summed E-state index contributed by atoms with van der Waals surface area (Å²) in [5.41, 5.74) is 2.26. The van der Waals surface area contributed by atoms with E-state index in [2.05, 4.69) is 5.32 Å². The van der Waals surface area contributed by atoms with Crippen LogP contribution in [0.25, 0.3) is 0 Å². The zero-order valence-corrected chi connectivity index (χ0v) is 17.8. The van der Waals surface area contributed by atoms with Crippen molar-refractivity contribution in [1.82, 2.24) is 5.32 Å². The second kappa shape index (κ2) is 9.10. The van der Waals surface area contributed by atoms with Crippen LogP contribution in [-0.2, 0) is 21.4 Å². The molecule has 0 heterocycles. The van der Waals surface area contributed by atoms with Crippen LogP contribution in [-0.4, -0.2) is 32.7 Å². The number of anilines is 1. The monoisotopic (exact) mass is 404 g/mol. The molecule has 0 spiro atoms. The van der Waals surface area contributed by atoms with Crippen molar-refractivity contribution in [2.24, 2.45) is 0 Å². The number of hydrogen-bond acceptors (Lipinski definition) is 4. The lowest BCUT2D eigenvalue weighted by Crippen LogP contribution is -2.47. The topological polar surface area (TPSA) is 75.7 Å². The van der Waals surface area contributed by atoms with Gasteiger partial charge in [0.15, 0.2) is 0 Å². The maximum absolute atomic E-state index is 12.7. The predicted octanol–water partition coefficient (Wildman–Crippen LogP) is 3.25. The van der Waals surface area contributed by atoms with E-state index in [4.69, 9.17) is 4.74 Å². The van der Waals surface area contributed by atoms with E-state index >= 15 is 0 Å². The van der Waals surface area contributed by atoms with Gasteiger partial charge in [-0.1, -0.05) is 24.3 Å². The summed E-state index contributed by atoms with van der Waals surface area (Å²) in [5.74, 6) is 0.356. The van der Waals surface area contributed by atoms with Gasteiger partial charge in [-0.05, 0) is 63.1 Å². The van der Waals surface area contributed by atoms with Crippen LogP contribution in [0.1, 0.15) is 31.9 Å². The Labute approximate surface area is 167 Å². The fourth-order valence-corrected chi connectivity index (χ4v) is 4.08. The Kier molecular flexibility index (Phi) is 7.07. The molecule has 0 bridgehead atoms. The minimum Gasteiger partial charge on any atom is -0.491 e. The van der Waals surface area contributed by atoms with Gasteiger partial charge in [-0.3, -0.25) is 9.10 Å². The number of benzene rings is 2. The predicted molar refractivity (Wildman–Crippen MR) is 112 cm³/mol. The molecule has 0 aromatic heterocycles. The van der Waals surface area contributed by atoms with Gasteiger partial charge in [-0.15, -0.1) is 0 Å². The molecule has 0 saturated heterocycles. The van der Waals surface area contributed by atoms with Crippen LogP contribution in [0.15, 0.2) is 48.5 Å². The molecule has 0 saturated carbocycles. The van der Waals surface area contributed by atoms with Crippen LogP contribution >= 0.6 is 0 Å². The van der Waals surface area contributed by atoms with Gasteiger partial charge in [0.25, 0.3) is 0 Å². The van der Waals surface area contributed by atoms with E-state index in [9.17, 15) is 13.2 Å². The fourth-order valence-electron chi connectivity index (χ4n) is 2.91. The average Bonchev–Trinajstić information content (AvgIpc) is 2.58. The van der Waals surface area contributed by atoms with Crippen molar-refractivity contribution in [2.45, 2.75) is 46.4 Å². The lowest BCUT2D eigenvalue weighted by atomic mass is 10.2. The molecule has 28 heavy (non-hydrogen) atoms. The average molecular weight is 405 g/mol. The molecule has 2 rings (SSSR count). The summed E-state index contributed by atoms with van der Waals surface area (Å²) < 4.78 is 31.5. The highest BCUT2D eigenvalue weighted by molar-refractivity contribution is 7.92. The Bertz CT molecular complexity index is 926. The Morgan fingerprint density at radius 3 is 2.39 bits per heavy atom. The SMILES string of the molecule is Cc1cccc(N(C(C)C(=O)NCc2cccc(OC(C)C)c2)S(C)(=O)=O)c1. The Morgan fingerprint density at radius 2 is 1.79 bits per heavy atom. The summed E-state index contributed by atoms with van der Waals surface area (Å²) in [6, 6.07) is 13.7. The van der Waals surface area contributed by atoms with Gasteiger partial charge in [-0.25, -0.2) is 8.42 Å². The molecular weight excluding hydrogens is 376 g/mol. The molecule has 152 valence electrons. The van der Waals surface area contributed by atoms with Gasteiger partial charge in [-0.2, -0.15) is 0 Å². The van der Waals surface area contributed by atoms with Crippen molar-refractivity contribution in [3.63, 3.8) is 0 Å². The Hall–Kier alpha value is -2.54. The Morgan fingerprint density at radius 1 is 1.11 bits per heavy atom. The molecule has 1 unspecified atom stereocenters. The molecule has 0 aliphatic rings. The van der Waals surface area contributed by atoms with E-state index < -0.39 is 16.1 Å². The molecule has 0 radical (unpaired) electrons. The van der Waals surface area contributed by atoms with Crippen molar-refractivity contribution in [3.05, 3.63) is 59.7 Å². The second-order valence-corrected chi connectivity index (χ2v) is 8.97. The summed E-state index contributed by atoms with van der Waals surface area (Å²) in [7, 11) is -3.63. The van der Waals surface area contributed by atoms with E-state index in [0.29, 0.717) is 5.69 Å². The molecule has 0 aliphatic carbocycles. The first-order valence-electron chi connectivity index (χ1n) is 9.17. The van der Waals surface area contributed by atoms with Crippen LogP contribution in [0.3, 0.4) is 0 Å². The molecular formula is C21H28N2O4S. The summed E-state index contributed by atoms with van der Waals surface area (Å²) in [6.07, 6.45) is 1.16. The molecule has 7 heteroatoms. The lowest BCUT2D eigenvalue weighted by molar-refractivity contribution is -0.122. The van der Waals surface area contributed by atoms with E-state index in [-0.39, 0.29) is 18.6 Å². The smallest absolute Gasteiger partial charge is 0.243 e. The van der Waals surface area contributed by atoms with E-state index in [0.717, 1.165) is 27.4 Å². The first-order valence-corrected chi connectivity index (χ1v) is 11.0. The number of aryl methyl sites for hydroxylation is 1. The van der Waals surface area contributed by atoms with Crippen LogP contribution in [0.5, 0.6) is 5.75 Å². The summed E-state index contributed by atoms with van der Waals surface area (Å²) >= 11 is 0. The van der Waals surface area contributed by atoms with Crippen molar-refractivity contribution in [2.75, 3.05) is 10.6 Å². The van der Waals surface area contributed by atoms with Crippen LogP contribution < -0.4 is 14.4 Å². The number of carbonyl (C=O) groups excluding carboxylic acids is 1. The van der Waals surface area contributed by atoms with Crippen LogP contribution in [0, 0.1) is 6.92 Å². The first kappa shape index (κ1) is 21.8. The zero-order chi connectivity index (χ0) is 20.9. The highest BCUT2D eigenvalue weighted by Gasteiger charge is 2.29. The fraction of sp³-hybridized carbons (Fsp3) is 0.381. The zero-order valence-electron chi connectivity index (χ0n) is 17.0. The highest BCUT2D eigenvalue weighted by Crippen LogP contribution is 2.22. The minimum atomic E-state index is -3.63. The van der Waals surface area contributed by atoms with E-state index in [1.54, 1.807) is 25.1 Å². The molecule has 1 atom stereocenters. The number of nitrogens with one attached hydrogen (secondary N) is 1. The van der Waals surface area contributed by atoms with Crippen LogP contribution in [0.4, 0.5) is 5.69 Å². The van der Waals surface area contributed by atoms with Crippen LogP contribution in [0.2, 0.25) is 0 Å². The number of sulfonamides is 1. The van der Waals surface area contributed by atoms with Crippen molar-refractivity contribution < 1.29 is 17.9 Å². The number of amides is 1. The van der Waals surface area contributed by atoms with Crippen molar-refractivity contribution >= 4 is 21.6 Å². The number of nitrogens with zero attached hydrogens (tertiary/aromatic N) is 1. The quantitative estimate of drug-likeness (QED) is 0.733. The summed E-state index contributed by atoms with van der Waals surface area (Å²) in [6.45, 7) is 7.63. The number of ether oxygens (including phenoxy) is 1. The van der Waals surface area contributed by atoms with Gasteiger partial charge in [0.2, 0.25) is 15.9 Å². The van der Waals surface area contributed by atoms with Gasteiger partial charge in [0.1, 0.15) is 11.8 Å². The molecule has 1 amide bonds. The highest BCUT2D eigenvalue weighted by atomic mass is 32.2. The third-order valence-corrected chi connectivity index (χ3v) is 5.32. The van der Waals surface area contributed by atoms with Gasteiger partial charge in [0.05, 0.1) is 18.0 Å². The Balaban J connectivity index is 2.13. The largest absolute Gasteiger partial charge is 0.491 e. The summed E-state index contributed by atoms with van der Waals surface area (Å²) in [4.78, 5) is 12.7. The number of hydrogen-bond donors (Lipinski definition) is 1. The third-order valence-electron chi connectivity index (χ3n) is 4.08. The number of carbonyl (C=O) groups is 1. The van der Waals surface area contributed by atoms with E-state index in [1.165, 1.54) is 0 Å². The molecule has 2 aromatic carbocycles. The molecule has 6 nitrogen and oxygen atoms in total. The minimum absolute atomic E-state index is 0.0579. The molecule has 2 aromatic rings. The molecule has 0 fully saturated rings. The third kappa shape index (κ3) is 5.99. The van der Waals surface area contributed by atoms with E-state index in [1.807, 2.05) is 51.1 Å². The first-order chi connectivity index (χ1) is 13.1. The molecule has 0 aliphatic heterocycles. The standard InChI is InChI=1S/C21H28N2O4S/c1-15(2)27-20-11-7-9-18(13-20)14-22-21(24)17(4)23(28(5,25)26)19-10-6-8-16(3)12-19/h6-13,15,17H,14H2,1-5H3,(H,22,24). The van der Waals surface area contributed by atoms with Gasteiger partial charge in [0, 0.05) is 6.54 Å². The number of rotatable bonds is 8. The maximum atomic E-state index is 12.7. The lowest BCUT2D eigenvalue weighted by Gasteiger charge is -2.28. The van der Waals surface area contributed by atoms with Crippen molar-refractivity contribution in [1.29, 1.82) is 0 Å². The summed E-state index contributed by atoms with van der Waals surface area (Å²) in [5, 5.41) is 2.82. The van der Waals surface area contributed by atoms with Crippen molar-refractivity contribution in [3.8, 4) is 5.75 Å². The molecule has 1 N–H and O–H groups in total. The van der Waals surface area contributed by atoms with Gasteiger partial charge >= 0.3 is 0 Å².